The zero-order chi connectivity index (χ0) is 31.1. The molecule has 11 aromatic rings. The number of benzene rings is 11. The zero-order valence-corrected chi connectivity index (χ0v) is 26.0. The Morgan fingerprint density at radius 1 is 0.208 bits per heavy atom. The normalized spacial score (nSPS) is 12.6. The first kappa shape index (κ1) is 24.9. The van der Waals surface area contributed by atoms with Crippen molar-refractivity contribution < 1.29 is 0 Å². The summed E-state index contributed by atoms with van der Waals surface area (Å²) in [6.45, 7) is 0. The fourth-order valence-corrected chi connectivity index (χ4v) is 9.22. The van der Waals surface area contributed by atoms with E-state index in [1.807, 2.05) is 0 Å². The molecule has 0 saturated heterocycles. The lowest BCUT2D eigenvalue weighted by atomic mass is 9.87. The Morgan fingerprint density at radius 2 is 0.625 bits per heavy atom. The number of fused-ring (bicyclic) bond motifs is 3. The third kappa shape index (κ3) is 3.06. The first-order valence-electron chi connectivity index (χ1n) is 16.8. The van der Waals surface area contributed by atoms with Crippen LogP contribution in [0.4, 0.5) is 0 Å². The fraction of sp³-hybridized carbons (Fsp3) is 0. The molecule has 0 spiro atoms. The highest BCUT2D eigenvalue weighted by molar-refractivity contribution is 6.28. The van der Waals surface area contributed by atoms with Crippen molar-refractivity contribution in [2.45, 2.75) is 0 Å². The van der Waals surface area contributed by atoms with Crippen molar-refractivity contribution in [1.29, 1.82) is 0 Å². The van der Waals surface area contributed by atoms with Gasteiger partial charge in [-0.2, -0.15) is 0 Å². The lowest BCUT2D eigenvalue weighted by Gasteiger charge is -2.16. The average Bonchev–Trinajstić information content (AvgIpc) is 3.47. The van der Waals surface area contributed by atoms with Crippen LogP contribution in [0, 0.1) is 0 Å². The molecule has 0 N–H and O–H groups in total. The Balaban J connectivity index is 1.07. The molecule has 1 aliphatic carbocycles. The van der Waals surface area contributed by atoms with Gasteiger partial charge in [-0.05, 0) is 126 Å². The van der Waals surface area contributed by atoms with Crippen LogP contribution in [0.1, 0.15) is 0 Å². The summed E-state index contributed by atoms with van der Waals surface area (Å²) in [6, 6.07) is 59.6. The van der Waals surface area contributed by atoms with Crippen LogP contribution in [0.2, 0.25) is 0 Å². The molecular weight excluding hydrogens is 577 g/mol. The summed E-state index contributed by atoms with van der Waals surface area (Å²) >= 11 is 0. The van der Waals surface area contributed by atoms with Gasteiger partial charge in [0.25, 0.3) is 0 Å². The predicted molar refractivity (Wildman–Crippen MR) is 207 cm³/mol. The molecule has 0 fully saturated rings. The highest BCUT2D eigenvalue weighted by Crippen LogP contribution is 2.52. The van der Waals surface area contributed by atoms with Gasteiger partial charge < -0.3 is 0 Å². The number of hydrogen-bond acceptors (Lipinski definition) is 0. The standard InChI is InChI=1S/C48H26/c1-4-27-10-12-31-14-19-34(40-22-16-29(6-1)44(27)46(31)40)33-18-21-37-42-25-24-36(38-8-3-9-39(48(38)42)43(37)26-33)35-20-15-32-13-11-28-5-2-7-30-17-23-41(35)47(32)45(28)30/h1-26H. The maximum absolute atomic E-state index is 2.44. The molecular formula is C48H26. The minimum Gasteiger partial charge on any atom is -0.0610 e. The van der Waals surface area contributed by atoms with Crippen LogP contribution in [-0.2, 0) is 0 Å². The van der Waals surface area contributed by atoms with Crippen LogP contribution in [0.3, 0.4) is 0 Å². The monoisotopic (exact) mass is 602 g/mol. The second-order valence-electron chi connectivity index (χ2n) is 13.6. The Kier molecular flexibility index (Phi) is 4.55. The molecule has 0 aliphatic heterocycles. The van der Waals surface area contributed by atoms with Gasteiger partial charge in [-0.3, -0.25) is 0 Å². The Bertz CT molecular complexity index is 3130. The van der Waals surface area contributed by atoms with E-state index in [0.29, 0.717) is 0 Å². The Morgan fingerprint density at radius 3 is 1.27 bits per heavy atom. The molecule has 0 unspecified atom stereocenters. The quantitative estimate of drug-likeness (QED) is 0.173. The van der Waals surface area contributed by atoms with Gasteiger partial charge in [0.1, 0.15) is 0 Å². The van der Waals surface area contributed by atoms with Crippen molar-refractivity contribution in [2.75, 3.05) is 0 Å². The van der Waals surface area contributed by atoms with E-state index in [1.54, 1.807) is 0 Å². The summed E-state index contributed by atoms with van der Waals surface area (Å²) in [5.41, 5.74) is 10.5. The smallest absolute Gasteiger partial charge is 0.00201 e. The maximum atomic E-state index is 2.44. The third-order valence-corrected chi connectivity index (χ3v) is 11.3. The Labute approximate surface area is 276 Å². The SMILES string of the molecule is c1cc2ccc3ccc(-c4ccc5c(c4)-c4cccc6c(-c7ccc8ccc9cccc%10ccc7c8c9%10)ccc-5c46)c4ccc(c1)c2c34. The van der Waals surface area contributed by atoms with Gasteiger partial charge in [0, 0.05) is 0 Å². The molecule has 0 saturated carbocycles. The molecule has 0 amide bonds. The third-order valence-electron chi connectivity index (χ3n) is 11.3. The van der Waals surface area contributed by atoms with Gasteiger partial charge in [-0.15, -0.1) is 0 Å². The summed E-state index contributed by atoms with van der Waals surface area (Å²) < 4.78 is 0. The largest absolute Gasteiger partial charge is 0.0610 e. The van der Waals surface area contributed by atoms with Crippen LogP contribution in [0.15, 0.2) is 158 Å². The van der Waals surface area contributed by atoms with Gasteiger partial charge in [-0.1, -0.05) is 152 Å². The van der Waals surface area contributed by atoms with E-state index in [0.717, 1.165) is 0 Å². The van der Waals surface area contributed by atoms with Crippen molar-refractivity contribution in [1.82, 2.24) is 0 Å². The minimum absolute atomic E-state index is 1.27. The van der Waals surface area contributed by atoms with Gasteiger partial charge in [0.2, 0.25) is 0 Å². The second kappa shape index (κ2) is 8.76. The van der Waals surface area contributed by atoms with Crippen LogP contribution in [-0.4, -0.2) is 0 Å². The molecule has 0 radical (unpaired) electrons. The zero-order valence-electron chi connectivity index (χ0n) is 26.0. The van der Waals surface area contributed by atoms with Crippen molar-refractivity contribution in [3.63, 3.8) is 0 Å². The summed E-state index contributed by atoms with van der Waals surface area (Å²) in [5, 5.41) is 18.6. The van der Waals surface area contributed by atoms with Crippen LogP contribution in [0.5, 0.6) is 0 Å². The van der Waals surface area contributed by atoms with Crippen LogP contribution < -0.4 is 0 Å². The van der Waals surface area contributed by atoms with Gasteiger partial charge in [0.05, 0.1) is 0 Å². The van der Waals surface area contributed by atoms with Gasteiger partial charge in [-0.25, -0.2) is 0 Å². The second-order valence-corrected chi connectivity index (χ2v) is 13.6. The lowest BCUT2D eigenvalue weighted by Crippen LogP contribution is -1.88. The van der Waals surface area contributed by atoms with Crippen molar-refractivity contribution in [3.8, 4) is 44.5 Å². The highest BCUT2D eigenvalue weighted by Gasteiger charge is 2.24. The average molecular weight is 603 g/mol. The van der Waals surface area contributed by atoms with E-state index in [9.17, 15) is 0 Å². The predicted octanol–water partition coefficient (Wildman–Crippen LogP) is 13.6. The molecule has 0 aromatic heterocycles. The van der Waals surface area contributed by atoms with E-state index in [-0.39, 0.29) is 0 Å². The van der Waals surface area contributed by atoms with Gasteiger partial charge in [0.15, 0.2) is 0 Å². The highest BCUT2D eigenvalue weighted by atomic mass is 14.3. The van der Waals surface area contributed by atoms with E-state index in [4.69, 9.17) is 0 Å². The summed E-state index contributed by atoms with van der Waals surface area (Å²) in [7, 11) is 0. The molecule has 1 aliphatic rings. The van der Waals surface area contributed by atoms with Crippen molar-refractivity contribution in [2.24, 2.45) is 0 Å². The lowest BCUT2D eigenvalue weighted by molar-refractivity contribution is 1.66. The molecule has 0 bridgehead atoms. The molecule has 0 heteroatoms. The summed E-state index contributed by atoms with van der Waals surface area (Å²) in [4.78, 5) is 0. The minimum atomic E-state index is 1.27. The van der Waals surface area contributed by atoms with Crippen LogP contribution in [0.25, 0.3) is 120 Å². The number of rotatable bonds is 2. The summed E-state index contributed by atoms with van der Waals surface area (Å²) in [5.74, 6) is 0. The number of hydrogen-bond donors (Lipinski definition) is 0. The Hall–Kier alpha value is -6.24. The van der Waals surface area contributed by atoms with Gasteiger partial charge >= 0.3 is 0 Å². The van der Waals surface area contributed by atoms with Crippen molar-refractivity contribution >= 4 is 75.4 Å². The van der Waals surface area contributed by atoms with E-state index >= 15 is 0 Å². The molecule has 12 rings (SSSR count). The van der Waals surface area contributed by atoms with E-state index < -0.39 is 0 Å². The molecule has 218 valence electrons. The van der Waals surface area contributed by atoms with E-state index in [2.05, 4.69) is 158 Å². The van der Waals surface area contributed by atoms with Crippen LogP contribution >= 0.6 is 0 Å². The van der Waals surface area contributed by atoms with E-state index in [1.165, 1.54) is 120 Å². The fourth-order valence-electron chi connectivity index (χ4n) is 9.22. The topological polar surface area (TPSA) is 0 Å². The molecule has 11 aromatic carbocycles. The maximum Gasteiger partial charge on any atom is -0.00201 e. The molecule has 48 heavy (non-hydrogen) atoms. The first-order valence-corrected chi connectivity index (χ1v) is 16.8. The molecule has 0 heterocycles. The first-order chi connectivity index (χ1) is 23.8. The molecule has 0 atom stereocenters. The van der Waals surface area contributed by atoms with Crippen molar-refractivity contribution in [3.05, 3.63) is 158 Å². The summed E-state index contributed by atoms with van der Waals surface area (Å²) in [6.07, 6.45) is 0. The molecule has 0 nitrogen and oxygen atoms in total.